The van der Waals surface area contributed by atoms with Gasteiger partial charge >= 0.3 is 0 Å². The number of aliphatic hydroxyl groups is 1. The molecule has 3 atom stereocenters. The van der Waals surface area contributed by atoms with Crippen LogP contribution < -0.4 is 0 Å². The second-order valence-electron chi connectivity index (χ2n) is 8.48. The Bertz CT molecular complexity index is 316. The van der Waals surface area contributed by atoms with E-state index in [2.05, 4.69) is 6.92 Å². The summed E-state index contributed by atoms with van der Waals surface area (Å²) in [6, 6.07) is 0. The second-order valence-corrected chi connectivity index (χ2v) is 8.48. The maximum atomic E-state index is 9.42. The first-order valence-corrected chi connectivity index (χ1v) is 11.0. The zero-order valence-electron chi connectivity index (χ0n) is 17.4. The molecular weight excluding hydrogens is 312 g/mol. The number of rotatable bonds is 15. The summed E-state index contributed by atoms with van der Waals surface area (Å²) in [6.45, 7) is 8.45. The minimum Gasteiger partial charge on any atom is -0.396 e. The van der Waals surface area contributed by atoms with Gasteiger partial charge in [-0.3, -0.25) is 0 Å². The van der Waals surface area contributed by atoms with Crippen LogP contribution in [0.15, 0.2) is 0 Å². The lowest BCUT2D eigenvalue weighted by Crippen LogP contribution is -2.31. The molecule has 1 heterocycles. The lowest BCUT2D eigenvalue weighted by Gasteiger charge is -2.21. The van der Waals surface area contributed by atoms with Crippen LogP contribution in [0.1, 0.15) is 111 Å². The zero-order chi connectivity index (χ0) is 18.5. The van der Waals surface area contributed by atoms with E-state index in [4.69, 9.17) is 9.47 Å². The van der Waals surface area contributed by atoms with Gasteiger partial charge in [0.25, 0.3) is 0 Å². The Morgan fingerprint density at radius 3 is 1.76 bits per heavy atom. The van der Waals surface area contributed by atoms with Crippen molar-refractivity contribution in [3.05, 3.63) is 0 Å². The maximum Gasteiger partial charge on any atom is 0.163 e. The van der Waals surface area contributed by atoms with Crippen molar-refractivity contribution < 1.29 is 14.6 Å². The Morgan fingerprint density at radius 1 is 0.800 bits per heavy atom. The Kier molecular flexibility index (Phi) is 12.0. The summed E-state index contributed by atoms with van der Waals surface area (Å²) in [5.74, 6) is -0.361. The molecule has 1 aliphatic rings. The van der Waals surface area contributed by atoms with Gasteiger partial charge in [-0.1, -0.05) is 90.9 Å². The molecule has 0 aliphatic carbocycles. The molecule has 0 aromatic heterocycles. The minimum absolute atomic E-state index is 0.0349. The third kappa shape index (κ3) is 9.96. The fourth-order valence-electron chi connectivity index (χ4n) is 3.86. The number of unbranched alkanes of at least 4 members (excludes halogenated alkanes) is 11. The van der Waals surface area contributed by atoms with E-state index in [0.717, 1.165) is 6.42 Å². The van der Waals surface area contributed by atoms with Crippen molar-refractivity contribution in [2.24, 2.45) is 5.92 Å². The van der Waals surface area contributed by atoms with Crippen LogP contribution >= 0.6 is 0 Å². The van der Waals surface area contributed by atoms with Crippen molar-refractivity contribution in [2.45, 2.75) is 129 Å². The Balaban J connectivity index is 2.00. The minimum atomic E-state index is -0.504. The van der Waals surface area contributed by atoms with E-state index in [-0.39, 0.29) is 24.7 Å². The number of hydrogen-bond acceptors (Lipinski definition) is 3. The summed E-state index contributed by atoms with van der Waals surface area (Å²) in [7, 11) is 0. The van der Waals surface area contributed by atoms with E-state index >= 15 is 0 Å². The van der Waals surface area contributed by atoms with Crippen LogP contribution in [0, 0.1) is 5.92 Å². The molecule has 0 bridgehead atoms. The summed E-state index contributed by atoms with van der Waals surface area (Å²) in [5, 5.41) is 9.42. The predicted octanol–water partition coefficient (Wildman–Crippen LogP) is 6.23. The second kappa shape index (κ2) is 13.1. The molecule has 3 nitrogen and oxygen atoms in total. The topological polar surface area (TPSA) is 38.7 Å². The Morgan fingerprint density at radius 2 is 1.28 bits per heavy atom. The van der Waals surface area contributed by atoms with Gasteiger partial charge in [-0.2, -0.15) is 0 Å². The molecule has 150 valence electrons. The highest BCUT2D eigenvalue weighted by atomic mass is 16.8. The molecule has 1 N–H and O–H groups in total. The van der Waals surface area contributed by atoms with Crippen molar-refractivity contribution in [2.75, 3.05) is 6.61 Å². The number of aliphatic hydroxyl groups excluding tert-OH is 1. The summed E-state index contributed by atoms with van der Waals surface area (Å²) < 4.78 is 12.0. The van der Waals surface area contributed by atoms with Gasteiger partial charge < -0.3 is 14.6 Å². The highest BCUT2D eigenvalue weighted by Gasteiger charge is 2.42. The molecule has 3 heteroatoms. The maximum absolute atomic E-state index is 9.42. The average molecular weight is 357 g/mol. The van der Waals surface area contributed by atoms with E-state index < -0.39 is 5.79 Å². The van der Waals surface area contributed by atoms with Crippen LogP contribution in [0.2, 0.25) is 0 Å². The van der Waals surface area contributed by atoms with Gasteiger partial charge in [0.15, 0.2) is 5.79 Å². The van der Waals surface area contributed by atoms with E-state index in [1.54, 1.807) is 0 Å². The first kappa shape index (κ1) is 22.9. The molecule has 0 unspecified atom stereocenters. The van der Waals surface area contributed by atoms with Gasteiger partial charge in [-0.05, 0) is 20.3 Å². The van der Waals surface area contributed by atoms with Gasteiger partial charge in [-0.25, -0.2) is 0 Å². The summed E-state index contributed by atoms with van der Waals surface area (Å²) in [4.78, 5) is 0. The molecular formula is C22H44O3. The molecule has 1 aliphatic heterocycles. The Hall–Kier alpha value is -0.120. The van der Waals surface area contributed by atoms with Gasteiger partial charge in [0.1, 0.15) is 0 Å². The third-order valence-corrected chi connectivity index (χ3v) is 5.41. The molecule has 0 aromatic rings. The molecule has 1 saturated heterocycles. The monoisotopic (exact) mass is 356 g/mol. The molecule has 0 aromatic carbocycles. The van der Waals surface area contributed by atoms with Crippen LogP contribution in [0.3, 0.4) is 0 Å². The normalized spacial score (nSPS) is 23.9. The lowest BCUT2D eigenvalue weighted by molar-refractivity contribution is -0.151. The fraction of sp³-hybridized carbons (Fsp3) is 1.00. The molecule has 0 spiro atoms. The summed E-state index contributed by atoms with van der Waals surface area (Å²) in [5.41, 5.74) is 0. The van der Waals surface area contributed by atoms with Gasteiger partial charge in [-0.15, -0.1) is 0 Å². The van der Waals surface area contributed by atoms with Crippen molar-refractivity contribution in [1.82, 2.24) is 0 Å². The molecule has 0 saturated carbocycles. The van der Waals surface area contributed by atoms with Crippen molar-refractivity contribution in [3.63, 3.8) is 0 Å². The highest BCUT2D eigenvalue weighted by molar-refractivity contribution is 4.84. The predicted molar refractivity (Wildman–Crippen MR) is 106 cm³/mol. The zero-order valence-corrected chi connectivity index (χ0v) is 17.4. The standard InChI is InChI=1S/C22H44O3/c1-5-6-7-8-9-10-11-12-13-14-15-16-17-20-21(19(2)18-23)25-22(3,4)24-20/h19-21,23H,5-18H2,1-4H3/t19-,20+,21-/m0/s1. The molecule has 0 amide bonds. The fourth-order valence-corrected chi connectivity index (χ4v) is 3.86. The molecule has 0 radical (unpaired) electrons. The molecule has 1 fully saturated rings. The van der Waals surface area contributed by atoms with Gasteiger partial charge in [0, 0.05) is 12.5 Å². The van der Waals surface area contributed by atoms with E-state index in [1.807, 2.05) is 20.8 Å². The van der Waals surface area contributed by atoms with Crippen LogP contribution in [-0.4, -0.2) is 29.7 Å². The summed E-state index contributed by atoms with van der Waals surface area (Å²) in [6.07, 6.45) is 17.7. The van der Waals surface area contributed by atoms with Crippen LogP contribution in [0.25, 0.3) is 0 Å². The van der Waals surface area contributed by atoms with Gasteiger partial charge in [0.05, 0.1) is 12.2 Å². The smallest absolute Gasteiger partial charge is 0.163 e. The first-order valence-electron chi connectivity index (χ1n) is 11.0. The van der Waals surface area contributed by atoms with Crippen molar-refractivity contribution >= 4 is 0 Å². The van der Waals surface area contributed by atoms with E-state index in [0.29, 0.717) is 0 Å². The highest BCUT2D eigenvalue weighted by Crippen LogP contribution is 2.34. The van der Waals surface area contributed by atoms with E-state index in [9.17, 15) is 5.11 Å². The van der Waals surface area contributed by atoms with Gasteiger partial charge in [0.2, 0.25) is 0 Å². The van der Waals surface area contributed by atoms with Crippen LogP contribution in [-0.2, 0) is 9.47 Å². The molecule has 25 heavy (non-hydrogen) atoms. The van der Waals surface area contributed by atoms with Crippen molar-refractivity contribution in [1.29, 1.82) is 0 Å². The molecule has 1 rings (SSSR count). The van der Waals surface area contributed by atoms with Crippen LogP contribution in [0.5, 0.6) is 0 Å². The number of hydrogen-bond donors (Lipinski definition) is 1. The van der Waals surface area contributed by atoms with E-state index in [1.165, 1.54) is 77.0 Å². The Labute approximate surface area is 156 Å². The van der Waals surface area contributed by atoms with Crippen LogP contribution in [0.4, 0.5) is 0 Å². The van der Waals surface area contributed by atoms with Crippen molar-refractivity contribution in [3.8, 4) is 0 Å². The average Bonchev–Trinajstić information content (AvgIpc) is 2.90. The summed E-state index contributed by atoms with van der Waals surface area (Å²) >= 11 is 0. The lowest BCUT2D eigenvalue weighted by atomic mass is 9.96. The quantitative estimate of drug-likeness (QED) is 0.354. The number of ether oxygens (including phenoxy) is 2. The largest absolute Gasteiger partial charge is 0.396 e. The first-order chi connectivity index (χ1) is 12.0. The third-order valence-electron chi connectivity index (χ3n) is 5.41. The SMILES string of the molecule is CCCCCCCCCCCCCC[C@H]1OC(C)(C)O[C@H]1[C@@H](C)CO.